The Kier molecular flexibility index (Phi) is 3.76. The molecule has 4 rings (SSSR count). The quantitative estimate of drug-likeness (QED) is 0.837. The van der Waals surface area contributed by atoms with Gasteiger partial charge < -0.3 is 14.7 Å². The molecular weight excluding hydrogens is 288 g/mol. The van der Waals surface area contributed by atoms with E-state index in [0.29, 0.717) is 5.92 Å². The van der Waals surface area contributed by atoms with Crippen LogP contribution in [0.5, 0.6) is 0 Å². The second-order valence-electron chi connectivity index (χ2n) is 7.43. The Hall–Kier alpha value is -1.62. The predicted octanol–water partition coefficient (Wildman–Crippen LogP) is 2.05. The third kappa shape index (κ3) is 2.61. The third-order valence-corrected chi connectivity index (χ3v) is 5.60. The van der Waals surface area contributed by atoms with E-state index in [-0.39, 0.29) is 11.9 Å². The van der Waals surface area contributed by atoms with Crippen LogP contribution < -0.4 is 9.80 Å². The van der Waals surface area contributed by atoms with E-state index in [0.717, 1.165) is 43.2 Å². The molecule has 1 aromatic heterocycles. The highest BCUT2D eigenvalue weighted by Crippen LogP contribution is 2.38. The Bertz CT molecular complexity index is 611. The third-order valence-electron chi connectivity index (χ3n) is 5.60. The van der Waals surface area contributed by atoms with Gasteiger partial charge in [-0.25, -0.2) is 4.98 Å². The normalized spacial score (nSPS) is 25.7. The van der Waals surface area contributed by atoms with Crippen LogP contribution >= 0.6 is 0 Å². The van der Waals surface area contributed by atoms with Gasteiger partial charge >= 0.3 is 0 Å². The Morgan fingerprint density at radius 2 is 2.04 bits per heavy atom. The standard InChI is InChI=1S/C18H26N4O/c1-13-9-15-17(19-10-13)21-8-7-20(2)12-16(21)18(23)22(15)11-14-5-3-4-6-14/h9-10,14,16H,3-8,11-12H2,1-2H3/t16-/m0/s1. The number of nitrogens with zero attached hydrogens (tertiary/aromatic N) is 4. The number of aromatic nitrogens is 1. The fourth-order valence-electron chi connectivity index (χ4n) is 4.29. The molecule has 0 N–H and O–H groups in total. The summed E-state index contributed by atoms with van der Waals surface area (Å²) in [6.45, 7) is 5.59. The van der Waals surface area contributed by atoms with E-state index in [4.69, 9.17) is 4.98 Å². The van der Waals surface area contributed by atoms with Crippen LogP contribution in [0.4, 0.5) is 11.5 Å². The fraction of sp³-hybridized carbons (Fsp3) is 0.667. The number of carbonyl (C=O) groups excluding carboxylic acids is 1. The first-order chi connectivity index (χ1) is 11.1. The Morgan fingerprint density at radius 3 is 2.83 bits per heavy atom. The smallest absolute Gasteiger partial charge is 0.251 e. The van der Waals surface area contributed by atoms with E-state index >= 15 is 0 Å². The summed E-state index contributed by atoms with van der Waals surface area (Å²) in [4.78, 5) is 24.4. The summed E-state index contributed by atoms with van der Waals surface area (Å²) < 4.78 is 0. The van der Waals surface area contributed by atoms with Crippen LogP contribution in [0.15, 0.2) is 12.3 Å². The number of amides is 1. The van der Waals surface area contributed by atoms with Gasteiger partial charge in [-0.05, 0) is 44.4 Å². The summed E-state index contributed by atoms with van der Waals surface area (Å²) in [6, 6.07) is 2.07. The zero-order valence-electron chi connectivity index (χ0n) is 14.2. The van der Waals surface area contributed by atoms with Crippen LogP contribution in [-0.2, 0) is 4.79 Å². The number of likely N-dealkylation sites (N-methyl/N-ethyl adjacent to an activating group) is 1. The summed E-state index contributed by atoms with van der Waals surface area (Å²) >= 11 is 0. The minimum Gasteiger partial charge on any atom is -0.340 e. The van der Waals surface area contributed by atoms with Crippen molar-refractivity contribution in [3.05, 3.63) is 17.8 Å². The van der Waals surface area contributed by atoms with Gasteiger partial charge in [0.1, 0.15) is 6.04 Å². The van der Waals surface area contributed by atoms with Crippen LogP contribution in [0.2, 0.25) is 0 Å². The van der Waals surface area contributed by atoms with Gasteiger partial charge in [-0.15, -0.1) is 0 Å². The molecule has 0 bridgehead atoms. The van der Waals surface area contributed by atoms with E-state index in [1.165, 1.54) is 25.7 Å². The van der Waals surface area contributed by atoms with Crippen molar-refractivity contribution in [2.45, 2.75) is 38.6 Å². The van der Waals surface area contributed by atoms with E-state index in [2.05, 4.69) is 29.8 Å². The Morgan fingerprint density at radius 1 is 1.26 bits per heavy atom. The number of pyridine rings is 1. The second-order valence-corrected chi connectivity index (χ2v) is 7.43. The maximum atomic E-state index is 13.2. The highest BCUT2D eigenvalue weighted by atomic mass is 16.2. The average Bonchev–Trinajstić information content (AvgIpc) is 3.04. The minimum absolute atomic E-state index is 0.0714. The number of hydrogen-bond acceptors (Lipinski definition) is 4. The molecule has 0 radical (unpaired) electrons. The molecule has 1 aromatic rings. The lowest BCUT2D eigenvalue weighted by molar-refractivity contribution is -0.121. The summed E-state index contributed by atoms with van der Waals surface area (Å²) in [7, 11) is 2.10. The molecule has 1 saturated carbocycles. The van der Waals surface area contributed by atoms with Gasteiger partial charge in [0.25, 0.3) is 5.91 Å². The van der Waals surface area contributed by atoms with Crippen molar-refractivity contribution in [1.82, 2.24) is 9.88 Å². The lowest BCUT2D eigenvalue weighted by Gasteiger charge is -2.47. The summed E-state index contributed by atoms with van der Waals surface area (Å²) in [5.74, 6) is 1.93. The number of carbonyl (C=O) groups is 1. The van der Waals surface area contributed by atoms with E-state index < -0.39 is 0 Å². The first-order valence-corrected chi connectivity index (χ1v) is 8.86. The summed E-state index contributed by atoms with van der Waals surface area (Å²) in [5.41, 5.74) is 2.16. The molecular formula is C18H26N4O. The molecule has 5 heteroatoms. The molecule has 0 unspecified atom stereocenters. The molecule has 124 valence electrons. The lowest BCUT2D eigenvalue weighted by atomic mass is 10.0. The van der Waals surface area contributed by atoms with Crippen molar-refractivity contribution in [3.8, 4) is 0 Å². The van der Waals surface area contributed by atoms with E-state index in [9.17, 15) is 4.79 Å². The molecule has 2 aliphatic heterocycles. The summed E-state index contributed by atoms with van der Waals surface area (Å²) in [6.07, 6.45) is 7.06. The Balaban J connectivity index is 1.71. The largest absolute Gasteiger partial charge is 0.340 e. The van der Waals surface area contributed by atoms with Gasteiger partial charge in [-0.2, -0.15) is 0 Å². The number of piperazine rings is 1. The molecule has 1 aliphatic carbocycles. The maximum Gasteiger partial charge on any atom is 0.251 e. The van der Waals surface area contributed by atoms with Gasteiger partial charge in [-0.1, -0.05) is 12.8 Å². The molecule has 0 spiro atoms. The lowest BCUT2D eigenvalue weighted by Crippen LogP contribution is -2.62. The van der Waals surface area contributed by atoms with Crippen molar-refractivity contribution in [3.63, 3.8) is 0 Å². The molecule has 0 aromatic carbocycles. The van der Waals surface area contributed by atoms with Crippen LogP contribution in [0.25, 0.3) is 0 Å². The zero-order valence-corrected chi connectivity index (χ0v) is 14.2. The predicted molar refractivity (Wildman–Crippen MR) is 91.9 cm³/mol. The number of anilines is 2. The van der Waals surface area contributed by atoms with Crippen LogP contribution in [0.3, 0.4) is 0 Å². The van der Waals surface area contributed by atoms with Gasteiger partial charge in [0.05, 0.1) is 5.69 Å². The van der Waals surface area contributed by atoms with E-state index in [1.54, 1.807) is 0 Å². The number of hydrogen-bond donors (Lipinski definition) is 0. The van der Waals surface area contributed by atoms with Gasteiger partial charge in [-0.3, -0.25) is 4.79 Å². The minimum atomic E-state index is -0.0714. The molecule has 23 heavy (non-hydrogen) atoms. The maximum absolute atomic E-state index is 13.2. The summed E-state index contributed by atoms with van der Waals surface area (Å²) in [5, 5.41) is 0. The zero-order chi connectivity index (χ0) is 16.0. The van der Waals surface area contributed by atoms with E-state index in [1.807, 2.05) is 11.1 Å². The number of aryl methyl sites for hydroxylation is 1. The van der Waals surface area contributed by atoms with Gasteiger partial charge in [0.2, 0.25) is 0 Å². The molecule has 3 heterocycles. The molecule has 1 atom stereocenters. The fourth-order valence-corrected chi connectivity index (χ4v) is 4.29. The molecule has 3 aliphatic rings. The van der Waals surface area contributed by atoms with Crippen molar-refractivity contribution in [1.29, 1.82) is 0 Å². The topological polar surface area (TPSA) is 39.7 Å². The SMILES string of the molecule is Cc1cnc2c(c1)N(CC1CCCC1)C(=O)[C@@H]1CN(C)CCN21. The molecule has 1 saturated heterocycles. The second kappa shape index (κ2) is 5.78. The Labute approximate surface area is 138 Å². The number of rotatable bonds is 2. The van der Waals surface area contributed by atoms with Crippen molar-refractivity contribution in [2.24, 2.45) is 5.92 Å². The average molecular weight is 314 g/mol. The highest BCUT2D eigenvalue weighted by Gasteiger charge is 2.42. The monoisotopic (exact) mass is 314 g/mol. The van der Waals surface area contributed by atoms with Crippen molar-refractivity contribution >= 4 is 17.4 Å². The first kappa shape index (κ1) is 14.9. The van der Waals surface area contributed by atoms with Gasteiger partial charge in [0.15, 0.2) is 5.82 Å². The van der Waals surface area contributed by atoms with Crippen molar-refractivity contribution in [2.75, 3.05) is 43.0 Å². The number of fused-ring (bicyclic) bond motifs is 3. The molecule has 5 nitrogen and oxygen atoms in total. The molecule has 2 fully saturated rings. The van der Waals surface area contributed by atoms with Crippen LogP contribution in [-0.4, -0.2) is 55.1 Å². The van der Waals surface area contributed by atoms with Gasteiger partial charge in [0, 0.05) is 32.4 Å². The highest BCUT2D eigenvalue weighted by molar-refractivity contribution is 6.05. The van der Waals surface area contributed by atoms with Crippen LogP contribution in [0.1, 0.15) is 31.2 Å². The van der Waals surface area contributed by atoms with Crippen molar-refractivity contribution < 1.29 is 4.79 Å². The van der Waals surface area contributed by atoms with Crippen LogP contribution in [0, 0.1) is 12.8 Å². The first-order valence-electron chi connectivity index (χ1n) is 8.86. The molecule has 1 amide bonds.